The molecule has 1 atom stereocenters. The number of hydrogen-bond acceptors (Lipinski definition) is 5. The molecule has 2 saturated heterocycles. The lowest BCUT2D eigenvalue weighted by molar-refractivity contribution is -0.135. The van der Waals surface area contributed by atoms with Crippen LogP contribution in [-0.2, 0) is 20.8 Å². The number of amides is 1. The molecule has 178 valence electrons. The highest BCUT2D eigenvalue weighted by Crippen LogP contribution is 2.39. The second-order valence-electron chi connectivity index (χ2n) is 9.91. The van der Waals surface area contributed by atoms with E-state index in [1.54, 1.807) is 0 Å². The first-order valence-corrected chi connectivity index (χ1v) is 12.5. The number of benzene rings is 1. The van der Waals surface area contributed by atoms with E-state index in [0.29, 0.717) is 18.4 Å². The minimum atomic E-state index is -0.249. The molecule has 6 rings (SSSR count). The molecule has 2 fully saturated rings. The summed E-state index contributed by atoms with van der Waals surface area (Å²) < 4.78 is 13.4. The van der Waals surface area contributed by atoms with E-state index < -0.39 is 0 Å². The van der Waals surface area contributed by atoms with Crippen LogP contribution in [0.5, 0.6) is 0 Å². The summed E-state index contributed by atoms with van der Waals surface area (Å²) in [5, 5.41) is 2.31. The van der Waals surface area contributed by atoms with Crippen molar-refractivity contribution in [3.8, 4) is 11.3 Å². The van der Waals surface area contributed by atoms with Gasteiger partial charge >= 0.3 is 0 Å². The molecule has 0 aliphatic carbocycles. The highest BCUT2D eigenvalue weighted by molar-refractivity contribution is 5.96. The molecular weight excluding hydrogens is 428 g/mol. The predicted molar refractivity (Wildman–Crippen MR) is 130 cm³/mol. The van der Waals surface area contributed by atoms with Crippen LogP contribution in [0.15, 0.2) is 30.5 Å². The van der Waals surface area contributed by atoms with E-state index in [-0.39, 0.29) is 11.9 Å². The van der Waals surface area contributed by atoms with Crippen molar-refractivity contribution >= 4 is 16.7 Å². The topological polar surface area (TPSA) is 69.5 Å². The Morgan fingerprint density at radius 3 is 2.44 bits per heavy atom. The molecule has 1 unspecified atom stereocenters. The summed E-state index contributed by atoms with van der Waals surface area (Å²) in [6.45, 7) is 5.68. The monoisotopic (exact) mass is 460 g/mol. The zero-order valence-corrected chi connectivity index (χ0v) is 20.0. The number of aromatic nitrogens is 3. The Bertz CT molecular complexity index is 1220. The van der Waals surface area contributed by atoms with Gasteiger partial charge in [0, 0.05) is 68.2 Å². The van der Waals surface area contributed by atoms with Gasteiger partial charge in [-0.05, 0) is 44.1 Å². The molecule has 0 spiro atoms. The van der Waals surface area contributed by atoms with Crippen LogP contribution in [0, 0.1) is 0 Å². The number of rotatable bonds is 3. The van der Waals surface area contributed by atoms with Gasteiger partial charge in [0.2, 0.25) is 5.91 Å². The molecule has 0 bridgehead atoms. The standard InChI is InChI=1S/C27H32N4O3/c1-17-27(32)30(2)16-24-25(29-26(31(17)24)19-8-12-34-13-9-19)21-5-3-4-20-14-23(28-15-22(20)21)18-6-10-33-11-7-18/h3-5,14-15,17-19H,6-13,16H2,1-2H3. The van der Waals surface area contributed by atoms with Gasteiger partial charge in [0.1, 0.15) is 11.9 Å². The molecule has 1 amide bonds. The van der Waals surface area contributed by atoms with Crippen LogP contribution in [0.3, 0.4) is 0 Å². The molecule has 2 aromatic heterocycles. The first-order chi connectivity index (χ1) is 16.6. The Kier molecular flexibility index (Phi) is 5.62. The van der Waals surface area contributed by atoms with Crippen LogP contribution < -0.4 is 0 Å². The van der Waals surface area contributed by atoms with Crippen molar-refractivity contribution in [1.82, 2.24) is 19.4 Å². The van der Waals surface area contributed by atoms with Crippen LogP contribution in [0.1, 0.15) is 67.7 Å². The van der Waals surface area contributed by atoms with Gasteiger partial charge in [-0.15, -0.1) is 0 Å². The van der Waals surface area contributed by atoms with Gasteiger partial charge in [-0.1, -0.05) is 18.2 Å². The zero-order valence-electron chi connectivity index (χ0n) is 20.0. The number of fused-ring (bicyclic) bond motifs is 2. The maximum absolute atomic E-state index is 12.9. The Morgan fingerprint density at radius 1 is 1.00 bits per heavy atom. The van der Waals surface area contributed by atoms with Gasteiger partial charge in [-0.3, -0.25) is 9.78 Å². The summed E-state index contributed by atoms with van der Waals surface area (Å²) in [6, 6.07) is 8.43. The minimum Gasteiger partial charge on any atom is -0.381 e. The number of carbonyl (C=O) groups is 1. The first kappa shape index (κ1) is 21.7. The SMILES string of the molecule is CC1C(=O)N(C)Cc2c(-c3cccc4cc(C5CCOCC5)ncc34)nc(C3CCOCC3)n21. The number of likely N-dealkylation sites (N-methyl/N-ethyl adjacent to an activating group) is 1. The van der Waals surface area contributed by atoms with E-state index in [9.17, 15) is 4.79 Å². The van der Waals surface area contributed by atoms with Crippen LogP contribution >= 0.6 is 0 Å². The van der Waals surface area contributed by atoms with Crippen LogP contribution in [0.4, 0.5) is 0 Å². The predicted octanol–water partition coefficient (Wildman–Crippen LogP) is 4.42. The Hall–Kier alpha value is -2.77. The molecule has 0 saturated carbocycles. The highest BCUT2D eigenvalue weighted by atomic mass is 16.5. The number of ether oxygens (including phenoxy) is 2. The van der Waals surface area contributed by atoms with Crippen molar-refractivity contribution in [2.24, 2.45) is 0 Å². The lowest BCUT2D eigenvalue weighted by atomic mass is 9.94. The third-order valence-corrected chi connectivity index (χ3v) is 7.81. The lowest BCUT2D eigenvalue weighted by Crippen LogP contribution is -2.40. The molecule has 5 heterocycles. The van der Waals surface area contributed by atoms with Gasteiger partial charge < -0.3 is 18.9 Å². The summed E-state index contributed by atoms with van der Waals surface area (Å²) in [4.78, 5) is 24.9. The number of nitrogens with zero attached hydrogens (tertiary/aromatic N) is 4. The molecule has 1 aromatic carbocycles. The fraction of sp³-hybridized carbons (Fsp3) is 0.519. The van der Waals surface area contributed by atoms with Crippen LogP contribution in [0.25, 0.3) is 22.0 Å². The minimum absolute atomic E-state index is 0.144. The smallest absolute Gasteiger partial charge is 0.245 e. The lowest BCUT2D eigenvalue weighted by Gasteiger charge is -2.32. The molecule has 7 nitrogen and oxygen atoms in total. The van der Waals surface area contributed by atoms with Crippen molar-refractivity contribution in [3.05, 3.63) is 47.7 Å². The number of carbonyl (C=O) groups excluding carboxylic acids is 1. The van der Waals surface area contributed by atoms with Crippen molar-refractivity contribution in [3.63, 3.8) is 0 Å². The van der Waals surface area contributed by atoms with E-state index in [2.05, 4.69) is 28.8 Å². The van der Waals surface area contributed by atoms with Crippen LogP contribution in [-0.4, -0.2) is 58.8 Å². The Morgan fingerprint density at radius 2 is 1.71 bits per heavy atom. The van der Waals surface area contributed by atoms with E-state index in [4.69, 9.17) is 19.4 Å². The number of imidazole rings is 1. The maximum Gasteiger partial charge on any atom is 0.245 e. The normalized spacial score (nSPS) is 22.4. The third-order valence-electron chi connectivity index (χ3n) is 7.81. The van der Waals surface area contributed by atoms with E-state index in [1.165, 1.54) is 5.39 Å². The van der Waals surface area contributed by atoms with Crippen LogP contribution in [0.2, 0.25) is 0 Å². The molecule has 34 heavy (non-hydrogen) atoms. The van der Waals surface area contributed by atoms with Gasteiger partial charge in [0.15, 0.2) is 0 Å². The van der Waals surface area contributed by atoms with Gasteiger partial charge in [-0.2, -0.15) is 0 Å². The fourth-order valence-corrected chi connectivity index (χ4v) is 5.87. The Balaban J connectivity index is 1.48. The molecule has 3 aromatic rings. The first-order valence-electron chi connectivity index (χ1n) is 12.5. The number of hydrogen-bond donors (Lipinski definition) is 0. The summed E-state index contributed by atoms with van der Waals surface area (Å²) >= 11 is 0. The molecule has 3 aliphatic heterocycles. The van der Waals surface area contributed by atoms with Gasteiger partial charge in [0.25, 0.3) is 0 Å². The Labute approximate surface area is 200 Å². The fourth-order valence-electron chi connectivity index (χ4n) is 5.87. The summed E-state index contributed by atoms with van der Waals surface area (Å²) in [5.74, 6) is 1.95. The van der Waals surface area contributed by atoms with E-state index in [1.807, 2.05) is 25.1 Å². The zero-order chi connectivity index (χ0) is 23.2. The maximum atomic E-state index is 12.9. The van der Waals surface area contributed by atoms with E-state index >= 15 is 0 Å². The molecule has 3 aliphatic rings. The third kappa shape index (κ3) is 3.62. The van der Waals surface area contributed by atoms with Gasteiger partial charge in [0.05, 0.1) is 17.9 Å². The highest BCUT2D eigenvalue weighted by Gasteiger charge is 2.36. The second-order valence-corrected chi connectivity index (χ2v) is 9.91. The summed E-state index contributed by atoms with van der Waals surface area (Å²) in [5.41, 5.74) is 4.36. The second kappa shape index (κ2) is 8.78. The largest absolute Gasteiger partial charge is 0.381 e. The van der Waals surface area contributed by atoms with Gasteiger partial charge in [-0.25, -0.2) is 4.98 Å². The van der Waals surface area contributed by atoms with Crippen molar-refractivity contribution in [2.45, 2.75) is 57.0 Å². The summed E-state index contributed by atoms with van der Waals surface area (Å²) in [7, 11) is 1.89. The molecule has 0 N–H and O–H groups in total. The number of pyridine rings is 1. The van der Waals surface area contributed by atoms with Crippen molar-refractivity contribution in [1.29, 1.82) is 0 Å². The molecular formula is C27H32N4O3. The summed E-state index contributed by atoms with van der Waals surface area (Å²) in [6.07, 6.45) is 5.96. The quantitative estimate of drug-likeness (QED) is 0.579. The van der Waals surface area contributed by atoms with E-state index in [0.717, 1.165) is 86.0 Å². The van der Waals surface area contributed by atoms with Crippen molar-refractivity contribution < 1.29 is 14.3 Å². The average molecular weight is 461 g/mol. The van der Waals surface area contributed by atoms with Crippen molar-refractivity contribution in [2.75, 3.05) is 33.5 Å². The molecule has 0 radical (unpaired) electrons. The average Bonchev–Trinajstić information content (AvgIpc) is 3.27. The molecule has 7 heteroatoms.